The Hall–Kier alpha value is -3.88. The molecule has 3 aromatic rings. The molecule has 1 N–H and O–H groups in total. The molecule has 0 radical (unpaired) electrons. The number of aryl methyl sites for hydroxylation is 1. The Morgan fingerprint density at radius 1 is 1.03 bits per heavy atom. The molecule has 1 atom stereocenters. The lowest BCUT2D eigenvalue weighted by atomic mass is 9.99. The quantitative estimate of drug-likeness (QED) is 0.257. The molecule has 8 nitrogen and oxygen atoms in total. The van der Waals surface area contributed by atoms with Gasteiger partial charge in [-0.15, -0.1) is 0 Å². The van der Waals surface area contributed by atoms with E-state index in [0.717, 1.165) is 30.8 Å². The summed E-state index contributed by atoms with van der Waals surface area (Å²) in [5, 5.41) is 11.2. The minimum atomic E-state index is -0.785. The van der Waals surface area contributed by atoms with Gasteiger partial charge in [0.25, 0.3) is 11.7 Å². The Balaban J connectivity index is 1.34. The van der Waals surface area contributed by atoms with E-state index in [-0.39, 0.29) is 11.3 Å². The van der Waals surface area contributed by atoms with Gasteiger partial charge in [-0.2, -0.15) is 0 Å². The molecule has 38 heavy (non-hydrogen) atoms. The van der Waals surface area contributed by atoms with Crippen LogP contribution in [0.15, 0.2) is 76.9 Å². The highest BCUT2D eigenvalue weighted by Gasteiger charge is 2.47. The minimum Gasteiger partial charge on any atom is -0.507 e. The summed E-state index contributed by atoms with van der Waals surface area (Å²) in [4.78, 5) is 30.0. The Bertz CT molecular complexity index is 1290. The number of hydrogen-bond acceptors (Lipinski definition) is 7. The molecule has 0 saturated carbocycles. The SMILES string of the molecule is Cc1cccc(COc2ccc(/C(O)=C3\C(=O)C(=O)N(CCCN4CCOCC4)C3c3ccco3)cc2)c1. The number of benzene rings is 2. The van der Waals surface area contributed by atoms with Crippen LogP contribution >= 0.6 is 0 Å². The van der Waals surface area contributed by atoms with Crippen LogP contribution in [0.4, 0.5) is 0 Å². The smallest absolute Gasteiger partial charge is 0.295 e. The molecular formula is C30H32N2O6. The van der Waals surface area contributed by atoms with E-state index in [1.54, 1.807) is 36.4 Å². The number of ketones is 1. The van der Waals surface area contributed by atoms with E-state index in [1.165, 1.54) is 11.2 Å². The summed E-state index contributed by atoms with van der Waals surface area (Å²) in [6.45, 7) is 6.72. The van der Waals surface area contributed by atoms with Crippen LogP contribution in [-0.2, 0) is 20.9 Å². The number of amides is 1. The van der Waals surface area contributed by atoms with E-state index < -0.39 is 17.7 Å². The molecule has 0 bridgehead atoms. The Labute approximate surface area is 222 Å². The molecule has 1 amide bonds. The zero-order chi connectivity index (χ0) is 26.5. The fourth-order valence-electron chi connectivity index (χ4n) is 4.98. The van der Waals surface area contributed by atoms with Gasteiger partial charge in [-0.25, -0.2) is 0 Å². The fraction of sp³-hybridized carbons (Fsp3) is 0.333. The van der Waals surface area contributed by atoms with Gasteiger partial charge in [-0.05, 0) is 55.3 Å². The van der Waals surface area contributed by atoms with Crippen LogP contribution in [0.25, 0.3) is 5.76 Å². The molecule has 2 saturated heterocycles. The second-order valence-corrected chi connectivity index (χ2v) is 9.62. The molecule has 2 aliphatic heterocycles. The second kappa shape index (κ2) is 11.7. The molecule has 5 rings (SSSR count). The highest BCUT2D eigenvalue weighted by molar-refractivity contribution is 6.46. The van der Waals surface area contributed by atoms with Crippen LogP contribution < -0.4 is 4.74 Å². The predicted octanol–water partition coefficient (Wildman–Crippen LogP) is 4.31. The van der Waals surface area contributed by atoms with Gasteiger partial charge in [0.1, 0.15) is 29.9 Å². The maximum Gasteiger partial charge on any atom is 0.295 e. The van der Waals surface area contributed by atoms with Crippen molar-refractivity contribution in [3.63, 3.8) is 0 Å². The van der Waals surface area contributed by atoms with Crippen molar-refractivity contribution in [3.8, 4) is 5.75 Å². The Morgan fingerprint density at radius 3 is 2.53 bits per heavy atom. The number of likely N-dealkylation sites (tertiary alicyclic amines) is 1. The summed E-state index contributed by atoms with van der Waals surface area (Å²) in [6, 6.07) is 17.6. The average Bonchev–Trinajstić information content (AvgIpc) is 3.55. The first-order valence-electron chi connectivity index (χ1n) is 12.9. The molecule has 1 unspecified atom stereocenters. The number of rotatable bonds is 9. The summed E-state index contributed by atoms with van der Waals surface area (Å²) in [5.74, 6) is -0.502. The van der Waals surface area contributed by atoms with Crippen molar-refractivity contribution in [1.29, 1.82) is 0 Å². The highest BCUT2D eigenvalue weighted by Crippen LogP contribution is 2.39. The van der Waals surface area contributed by atoms with E-state index in [1.807, 2.05) is 25.1 Å². The molecule has 0 spiro atoms. The molecule has 1 aromatic heterocycles. The van der Waals surface area contributed by atoms with Crippen molar-refractivity contribution in [2.45, 2.75) is 26.0 Å². The van der Waals surface area contributed by atoms with Crippen molar-refractivity contribution >= 4 is 17.4 Å². The summed E-state index contributed by atoms with van der Waals surface area (Å²) >= 11 is 0. The summed E-state index contributed by atoms with van der Waals surface area (Å²) in [5.41, 5.74) is 2.68. The van der Waals surface area contributed by atoms with E-state index >= 15 is 0 Å². The normalized spacial score (nSPS) is 19.7. The number of carbonyl (C=O) groups is 2. The predicted molar refractivity (Wildman–Crippen MR) is 142 cm³/mol. The van der Waals surface area contributed by atoms with Gasteiger partial charge in [0.2, 0.25) is 0 Å². The lowest BCUT2D eigenvalue weighted by Gasteiger charge is -2.28. The van der Waals surface area contributed by atoms with E-state index in [0.29, 0.717) is 49.9 Å². The monoisotopic (exact) mass is 516 g/mol. The molecule has 2 aromatic carbocycles. The van der Waals surface area contributed by atoms with Crippen LogP contribution in [0, 0.1) is 6.92 Å². The maximum atomic E-state index is 13.2. The average molecular weight is 517 g/mol. The van der Waals surface area contributed by atoms with Gasteiger partial charge in [0.15, 0.2) is 0 Å². The molecule has 2 fully saturated rings. The number of carbonyl (C=O) groups excluding carboxylic acids is 2. The number of Topliss-reactive ketones (excluding diaryl/α,β-unsaturated/α-hetero) is 1. The number of morpholine rings is 1. The number of hydrogen-bond donors (Lipinski definition) is 1. The van der Waals surface area contributed by atoms with Crippen LogP contribution in [0.5, 0.6) is 5.75 Å². The minimum absolute atomic E-state index is 0.0322. The van der Waals surface area contributed by atoms with Gasteiger partial charge in [-0.3, -0.25) is 14.5 Å². The largest absolute Gasteiger partial charge is 0.507 e. The summed E-state index contributed by atoms with van der Waals surface area (Å²) in [6.07, 6.45) is 2.20. The van der Waals surface area contributed by atoms with Crippen molar-refractivity contribution < 1.29 is 28.6 Å². The Kier molecular flexibility index (Phi) is 7.91. The van der Waals surface area contributed by atoms with Crippen LogP contribution in [0.2, 0.25) is 0 Å². The zero-order valence-electron chi connectivity index (χ0n) is 21.5. The van der Waals surface area contributed by atoms with Crippen LogP contribution in [0.1, 0.15) is 34.9 Å². The first-order chi connectivity index (χ1) is 18.5. The van der Waals surface area contributed by atoms with Crippen molar-refractivity contribution in [2.75, 3.05) is 39.4 Å². The first-order valence-corrected chi connectivity index (χ1v) is 12.9. The van der Waals surface area contributed by atoms with Crippen molar-refractivity contribution in [3.05, 3.63) is 95.0 Å². The van der Waals surface area contributed by atoms with E-state index in [2.05, 4.69) is 11.0 Å². The summed E-state index contributed by atoms with van der Waals surface area (Å²) in [7, 11) is 0. The number of furan rings is 1. The lowest BCUT2D eigenvalue weighted by molar-refractivity contribution is -0.140. The maximum absolute atomic E-state index is 13.2. The third-order valence-corrected chi connectivity index (χ3v) is 6.95. The molecule has 2 aliphatic rings. The van der Waals surface area contributed by atoms with E-state index in [9.17, 15) is 14.7 Å². The van der Waals surface area contributed by atoms with Gasteiger partial charge in [0, 0.05) is 31.7 Å². The Morgan fingerprint density at radius 2 is 1.82 bits per heavy atom. The van der Waals surface area contributed by atoms with E-state index in [4.69, 9.17) is 13.9 Å². The first kappa shape index (κ1) is 25.8. The molecule has 3 heterocycles. The topological polar surface area (TPSA) is 92.5 Å². The zero-order valence-corrected chi connectivity index (χ0v) is 21.5. The van der Waals surface area contributed by atoms with Crippen LogP contribution in [0.3, 0.4) is 0 Å². The van der Waals surface area contributed by atoms with Crippen molar-refractivity contribution in [2.24, 2.45) is 0 Å². The lowest BCUT2D eigenvalue weighted by Crippen LogP contribution is -2.38. The number of nitrogens with zero attached hydrogens (tertiary/aromatic N) is 2. The number of aliphatic hydroxyl groups is 1. The molecule has 0 aliphatic carbocycles. The molecular weight excluding hydrogens is 484 g/mol. The molecule has 8 heteroatoms. The van der Waals surface area contributed by atoms with Gasteiger partial charge in [0.05, 0.1) is 25.1 Å². The second-order valence-electron chi connectivity index (χ2n) is 9.62. The standard InChI is InChI=1S/C30H32N2O6/c1-21-5-2-6-22(19-21)20-38-24-10-8-23(9-11-24)28(33)26-27(25-7-3-16-37-25)32(30(35)29(26)34)13-4-12-31-14-17-36-18-15-31/h2-3,5-11,16,19,27,33H,4,12-15,17-18,20H2,1H3/b28-26+. The van der Waals surface area contributed by atoms with Gasteiger partial charge >= 0.3 is 0 Å². The van der Waals surface area contributed by atoms with Crippen molar-refractivity contribution in [1.82, 2.24) is 9.80 Å². The highest BCUT2D eigenvalue weighted by atomic mass is 16.5. The third-order valence-electron chi connectivity index (χ3n) is 6.95. The van der Waals surface area contributed by atoms with Crippen LogP contribution in [-0.4, -0.2) is 66.0 Å². The van der Waals surface area contributed by atoms with Gasteiger partial charge in [-0.1, -0.05) is 29.8 Å². The number of ether oxygens (including phenoxy) is 2. The summed E-state index contributed by atoms with van der Waals surface area (Å²) < 4.78 is 16.9. The number of aliphatic hydroxyl groups excluding tert-OH is 1. The third kappa shape index (κ3) is 5.66. The fourth-order valence-corrected chi connectivity index (χ4v) is 4.98. The van der Waals surface area contributed by atoms with Gasteiger partial charge < -0.3 is 23.9 Å². The molecule has 198 valence electrons.